The van der Waals surface area contributed by atoms with Gasteiger partial charge in [-0.3, -0.25) is 9.10 Å². The number of sulfonamides is 1. The molecule has 0 unspecified atom stereocenters. The zero-order chi connectivity index (χ0) is 29.0. The van der Waals surface area contributed by atoms with Crippen molar-refractivity contribution in [1.82, 2.24) is 9.99 Å². The molecule has 0 atom stereocenters. The number of rotatable bonds is 9. The molecule has 0 aliphatic carbocycles. The number of aromatic nitrogens is 1. The van der Waals surface area contributed by atoms with E-state index in [9.17, 15) is 13.2 Å². The molecule has 0 fully saturated rings. The van der Waals surface area contributed by atoms with Crippen LogP contribution < -0.4 is 9.73 Å². The predicted molar refractivity (Wildman–Crippen MR) is 164 cm³/mol. The lowest BCUT2D eigenvalue weighted by Crippen LogP contribution is -2.39. The third kappa shape index (κ3) is 6.32. The number of carbonyl (C=O) groups excluding carboxylic acids is 1. The van der Waals surface area contributed by atoms with Crippen molar-refractivity contribution >= 4 is 39.6 Å². The van der Waals surface area contributed by atoms with E-state index in [0.717, 1.165) is 37.4 Å². The molecule has 1 heterocycles. The lowest BCUT2D eigenvalue weighted by molar-refractivity contribution is -0.119. The Bertz CT molecular complexity index is 1660. The van der Waals surface area contributed by atoms with Crippen molar-refractivity contribution in [3.63, 3.8) is 0 Å². The number of carbonyl (C=O) groups is 1. The van der Waals surface area contributed by atoms with E-state index in [1.807, 2.05) is 45.2 Å². The van der Waals surface area contributed by atoms with Crippen molar-refractivity contribution in [1.29, 1.82) is 0 Å². The number of nitrogens with zero attached hydrogens (tertiary/aromatic N) is 3. The highest BCUT2D eigenvalue weighted by atomic mass is 32.2. The molecule has 0 saturated carbocycles. The van der Waals surface area contributed by atoms with Crippen molar-refractivity contribution in [2.45, 2.75) is 44.4 Å². The number of anilines is 1. The number of aryl methyl sites for hydroxylation is 4. The summed E-state index contributed by atoms with van der Waals surface area (Å²) in [5.74, 6) is -0.552. The van der Waals surface area contributed by atoms with Crippen LogP contribution in [0.5, 0.6) is 0 Å². The number of benzene rings is 3. The molecule has 4 aromatic rings. The Balaban J connectivity index is 1.55. The first-order chi connectivity index (χ1) is 19.0. The molecule has 0 radical (unpaired) electrons. The molecule has 0 aliphatic heterocycles. The van der Waals surface area contributed by atoms with Gasteiger partial charge in [-0.15, -0.1) is 11.8 Å². The molecule has 7 nitrogen and oxygen atoms in total. The lowest BCUT2D eigenvalue weighted by atomic mass is 10.1. The first kappa shape index (κ1) is 29.2. The van der Waals surface area contributed by atoms with E-state index in [0.29, 0.717) is 5.69 Å². The van der Waals surface area contributed by atoms with E-state index in [1.54, 1.807) is 42.6 Å². The second-order valence-corrected chi connectivity index (χ2v) is 12.5. The van der Waals surface area contributed by atoms with Crippen LogP contribution in [0, 0.1) is 34.6 Å². The average Bonchev–Trinajstić information content (AvgIpc) is 3.22. The molecule has 0 spiro atoms. The summed E-state index contributed by atoms with van der Waals surface area (Å²) in [6.45, 7) is 9.69. The summed E-state index contributed by atoms with van der Waals surface area (Å²) in [6, 6.07) is 22.0. The Hall–Kier alpha value is -3.82. The summed E-state index contributed by atoms with van der Waals surface area (Å²) in [6.07, 6.45) is 3.51. The van der Waals surface area contributed by atoms with Gasteiger partial charge in [-0.05, 0) is 107 Å². The molecule has 208 valence electrons. The molecule has 3 aromatic carbocycles. The fourth-order valence-corrected chi connectivity index (χ4v) is 6.25. The standard InChI is InChI=1S/C31H34N4O3S2/c1-21-7-10-27(11-8-21)34(40(37,38)30-15-13-29(39-6)14-16-30)20-31(36)33-32-19-26-18-24(4)35(25(26)5)28-12-9-22(2)23(3)17-28/h7-19H,20H2,1-6H3,(H,33,36). The molecule has 1 amide bonds. The van der Waals surface area contributed by atoms with Crippen LogP contribution in [0.2, 0.25) is 0 Å². The molecular weight excluding hydrogens is 541 g/mol. The quantitative estimate of drug-likeness (QED) is 0.149. The second-order valence-electron chi connectivity index (χ2n) is 9.75. The van der Waals surface area contributed by atoms with E-state index in [4.69, 9.17) is 0 Å². The molecule has 0 saturated heterocycles. The van der Waals surface area contributed by atoms with Crippen LogP contribution in [0.25, 0.3) is 5.69 Å². The van der Waals surface area contributed by atoms with Gasteiger partial charge in [-0.1, -0.05) is 23.8 Å². The highest BCUT2D eigenvalue weighted by molar-refractivity contribution is 7.98. The number of hydrogen-bond donors (Lipinski definition) is 1. The Morgan fingerprint density at radius 3 is 2.23 bits per heavy atom. The van der Waals surface area contributed by atoms with Crippen LogP contribution in [0.3, 0.4) is 0 Å². The molecule has 40 heavy (non-hydrogen) atoms. The van der Waals surface area contributed by atoms with Gasteiger partial charge in [0.15, 0.2) is 0 Å². The maximum Gasteiger partial charge on any atom is 0.264 e. The van der Waals surface area contributed by atoms with E-state index in [2.05, 4.69) is 47.1 Å². The third-order valence-electron chi connectivity index (χ3n) is 6.87. The maximum atomic E-state index is 13.6. The number of thioether (sulfide) groups is 1. The van der Waals surface area contributed by atoms with E-state index in [-0.39, 0.29) is 4.90 Å². The summed E-state index contributed by atoms with van der Waals surface area (Å²) in [7, 11) is -4.00. The molecular formula is C31H34N4O3S2. The van der Waals surface area contributed by atoms with Crippen molar-refractivity contribution < 1.29 is 13.2 Å². The first-order valence-corrected chi connectivity index (χ1v) is 15.5. The van der Waals surface area contributed by atoms with E-state index in [1.165, 1.54) is 22.9 Å². The smallest absolute Gasteiger partial charge is 0.264 e. The Morgan fingerprint density at radius 1 is 0.925 bits per heavy atom. The Morgan fingerprint density at radius 2 is 1.60 bits per heavy atom. The van der Waals surface area contributed by atoms with Gasteiger partial charge in [0.05, 0.1) is 16.8 Å². The van der Waals surface area contributed by atoms with Crippen LogP contribution >= 0.6 is 11.8 Å². The minimum Gasteiger partial charge on any atom is -0.318 e. The zero-order valence-corrected chi connectivity index (χ0v) is 25.2. The molecule has 9 heteroatoms. The Kier molecular flexibility index (Phi) is 8.85. The van der Waals surface area contributed by atoms with Gasteiger partial charge >= 0.3 is 0 Å². The second kappa shape index (κ2) is 12.1. The highest BCUT2D eigenvalue weighted by Crippen LogP contribution is 2.26. The summed E-state index contributed by atoms with van der Waals surface area (Å²) in [4.78, 5) is 14.0. The van der Waals surface area contributed by atoms with Crippen LogP contribution in [0.1, 0.15) is 33.6 Å². The van der Waals surface area contributed by atoms with Gasteiger partial charge < -0.3 is 4.57 Å². The normalized spacial score (nSPS) is 11.7. The van der Waals surface area contributed by atoms with Gasteiger partial charge in [0, 0.05) is 27.5 Å². The Labute approximate surface area is 241 Å². The minimum atomic E-state index is -4.00. The van der Waals surface area contributed by atoms with Gasteiger partial charge in [-0.2, -0.15) is 5.10 Å². The van der Waals surface area contributed by atoms with E-state index >= 15 is 0 Å². The van der Waals surface area contributed by atoms with Crippen LogP contribution in [-0.4, -0.2) is 37.9 Å². The summed E-state index contributed by atoms with van der Waals surface area (Å²) < 4.78 is 30.5. The van der Waals surface area contributed by atoms with Crippen LogP contribution in [0.4, 0.5) is 5.69 Å². The van der Waals surface area contributed by atoms with Gasteiger partial charge in [0.1, 0.15) is 6.54 Å². The molecule has 0 aliphatic rings. The van der Waals surface area contributed by atoms with Gasteiger partial charge in [-0.25, -0.2) is 13.8 Å². The fourth-order valence-electron chi connectivity index (χ4n) is 4.42. The van der Waals surface area contributed by atoms with Gasteiger partial charge in [0.25, 0.3) is 15.9 Å². The molecule has 4 rings (SSSR count). The van der Waals surface area contributed by atoms with Crippen molar-refractivity contribution in [3.05, 3.63) is 106 Å². The predicted octanol–water partition coefficient (Wildman–Crippen LogP) is 6.09. The van der Waals surface area contributed by atoms with Gasteiger partial charge in [0.2, 0.25) is 0 Å². The summed E-state index contributed by atoms with van der Waals surface area (Å²) >= 11 is 1.53. The number of amides is 1. The monoisotopic (exact) mass is 574 g/mol. The van der Waals surface area contributed by atoms with Crippen molar-refractivity contribution in [2.24, 2.45) is 5.10 Å². The average molecular weight is 575 g/mol. The van der Waals surface area contributed by atoms with Crippen LogP contribution in [0.15, 0.2) is 87.7 Å². The lowest BCUT2D eigenvalue weighted by Gasteiger charge is -2.24. The number of nitrogens with one attached hydrogen (secondary N) is 1. The van der Waals surface area contributed by atoms with Crippen LogP contribution in [-0.2, 0) is 14.8 Å². The summed E-state index contributed by atoms with van der Waals surface area (Å²) in [5, 5.41) is 4.16. The molecule has 1 aromatic heterocycles. The summed E-state index contributed by atoms with van der Waals surface area (Å²) in [5.41, 5.74) is 10.3. The minimum absolute atomic E-state index is 0.112. The highest BCUT2D eigenvalue weighted by Gasteiger charge is 2.27. The SMILES string of the molecule is CSc1ccc(S(=O)(=O)N(CC(=O)NN=Cc2cc(C)n(-c3ccc(C)c(C)c3)c2C)c2ccc(C)cc2)cc1. The maximum absolute atomic E-state index is 13.6. The number of hydrogen-bond acceptors (Lipinski definition) is 5. The first-order valence-electron chi connectivity index (χ1n) is 12.8. The fraction of sp³-hybridized carbons (Fsp3) is 0.226. The number of hydrazone groups is 1. The molecule has 0 bridgehead atoms. The van der Waals surface area contributed by atoms with Crippen molar-refractivity contribution in [2.75, 3.05) is 17.1 Å². The van der Waals surface area contributed by atoms with E-state index < -0.39 is 22.5 Å². The zero-order valence-electron chi connectivity index (χ0n) is 23.6. The third-order valence-corrected chi connectivity index (χ3v) is 9.40. The topological polar surface area (TPSA) is 83.8 Å². The molecule has 1 N–H and O–H groups in total. The van der Waals surface area contributed by atoms with Crippen molar-refractivity contribution in [3.8, 4) is 5.69 Å². The largest absolute Gasteiger partial charge is 0.318 e.